The van der Waals surface area contributed by atoms with E-state index in [-0.39, 0.29) is 5.76 Å². The molecule has 1 N–H and O–H groups in total. The molecule has 37 heavy (non-hydrogen) atoms. The van der Waals surface area contributed by atoms with Crippen molar-refractivity contribution in [2.24, 2.45) is 5.92 Å². The number of esters is 1. The number of anilines is 1. The summed E-state index contributed by atoms with van der Waals surface area (Å²) >= 11 is 0. The van der Waals surface area contributed by atoms with E-state index in [4.69, 9.17) is 18.6 Å². The van der Waals surface area contributed by atoms with Crippen LogP contribution in [0.15, 0.2) is 71.3 Å². The highest BCUT2D eigenvalue weighted by Crippen LogP contribution is 2.45. The molecule has 2 aromatic carbocycles. The van der Waals surface area contributed by atoms with Crippen LogP contribution in [0.5, 0.6) is 5.75 Å². The number of carbonyl (C=O) groups is 1. The number of furan rings is 1. The third-order valence-electron chi connectivity index (χ3n) is 7.49. The number of fused-ring (bicyclic) bond motifs is 1. The van der Waals surface area contributed by atoms with Crippen LogP contribution in [0.3, 0.4) is 0 Å². The van der Waals surface area contributed by atoms with Crippen LogP contribution < -0.4 is 10.1 Å². The molecule has 0 spiro atoms. The molecule has 1 aliphatic heterocycles. The van der Waals surface area contributed by atoms with Crippen molar-refractivity contribution in [3.8, 4) is 5.75 Å². The summed E-state index contributed by atoms with van der Waals surface area (Å²) < 4.78 is 24.3. The van der Waals surface area contributed by atoms with E-state index in [1.54, 1.807) is 12.1 Å². The molecule has 6 heteroatoms. The molecule has 1 aromatic heterocycles. The van der Waals surface area contributed by atoms with Gasteiger partial charge in [0, 0.05) is 24.4 Å². The van der Waals surface area contributed by atoms with Crippen molar-refractivity contribution < 1.29 is 23.4 Å². The Labute approximate surface area is 219 Å². The topological polar surface area (TPSA) is 69.9 Å². The second-order valence-electron chi connectivity index (χ2n) is 10.7. The fourth-order valence-corrected chi connectivity index (χ4v) is 5.43. The number of rotatable bonds is 9. The molecule has 2 unspecified atom stereocenters. The van der Waals surface area contributed by atoms with E-state index in [0.29, 0.717) is 19.1 Å². The number of nitrogens with one attached hydrogen (secondary N) is 1. The van der Waals surface area contributed by atoms with Gasteiger partial charge in [0.05, 0.1) is 6.26 Å². The summed E-state index contributed by atoms with van der Waals surface area (Å²) in [5, 5.41) is 3.50. The summed E-state index contributed by atoms with van der Waals surface area (Å²) in [6, 6.07) is 19.6. The number of hydrogen-bond donors (Lipinski definition) is 1. The monoisotopic (exact) mass is 503 g/mol. The van der Waals surface area contributed by atoms with Gasteiger partial charge in [0.15, 0.2) is 6.10 Å². The Balaban J connectivity index is 1.38. The highest BCUT2D eigenvalue weighted by molar-refractivity contribution is 5.86. The Bertz CT molecular complexity index is 1150. The lowest BCUT2D eigenvalue weighted by atomic mass is 9.86. The summed E-state index contributed by atoms with van der Waals surface area (Å²) in [7, 11) is 0. The summed E-state index contributed by atoms with van der Waals surface area (Å²) in [5.41, 5.74) is 2.26. The summed E-state index contributed by atoms with van der Waals surface area (Å²) in [4.78, 5) is 12.9. The van der Waals surface area contributed by atoms with Gasteiger partial charge in [-0.05, 0) is 62.1 Å². The Morgan fingerprint density at radius 3 is 2.59 bits per heavy atom. The van der Waals surface area contributed by atoms with Crippen molar-refractivity contribution in [2.45, 2.75) is 76.7 Å². The van der Waals surface area contributed by atoms with Crippen molar-refractivity contribution in [3.05, 3.63) is 83.8 Å². The molecule has 1 fully saturated rings. The Morgan fingerprint density at radius 1 is 1.03 bits per heavy atom. The molecule has 196 valence electrons. The number of benzene rings is 2. The lowest BCUT2D eigenvalue weighted by Crippen LogP contribution is -2.51. The first-order valence-electron chi connectivity index (χ1n) is 13.5. The molecule has 0 saturated heterocycles. The summed E-state index contributed by atoms with van der Waals surface area (Å²) in [6.45, 7) is 5.20. The quantitative estimate of drug-likeness (QED) is 0.309. The van der Waals surface area contributed by atoms with E-state index in [0.717, 1.165) is 23.4 Å². The van der Waals surface area contributed by atoms with Gasteiger partial charge in [-0.1, -0.05) is 62.4 Å². The van der Waals surface area contributed by atoms with Crippen molar-refractivity contribution in [3.63, 3.8) is 0 Å². The maximum absolute atomic E-state index is 12.9. The zero-order valence-corrected chi connectivity index (χ0v) is 21.8. The van der Waals surface area contributed by atoms with Crippen LogP contribution in [-0.2, 0) is 16.0 Å². The predicted octanol–water partition coefficient (Wildman–Crippen LogP) is 7.32. The van der Waals surface area contributed by atoms with Gasteiger partial charge in [0.1, 0.15) is 17.5 Å². The maximum Gasteiger partial charge on any atom is 0.374 e. The highest BCUT2D eigenvalue weighted by Gasteiger charge is 2.48. The molecule has 2 atom stereocenters. The summed E-state index contributed by atoms with van der Waals surface area (Å²) in [5.74, 6) is 1.10. The lowest BCUT2D eigenvalue weighted by Gasteiger charge is -2.43. The van der Waals surface area contributed by atoms with E-state index in [2.05, 4.69) is 23.5 Å². The van der Waals surface area contributed by atoms with Crippen molar-refractivity contribution in [1.82, 2.24) is 0 Å². The van der Waals surface area contributed by atoms with E-state index in [1.807, 2.05) is 44.2 Å². The molecule has 2 heterocycles. The third-order valence-corrected chi connectivity index (χ3v) is 7.49. The van der Waals surface area contributed by atoms with E-state index in [9.17, 15) is 4.79 Å². The zero-order valence-electron chi connectivity index (χ0n) is 21.8. The van der Waals surface area contributed by atoms with Crippen LogP contribution in [0.2, 0.25) is 0 Å². The highest BCUT2D eigenvalue weighted by atomic mass is 16.6. The molecule has 1 aliphatic carbocycles. The zero-order chi connectivity index (χ0) is 25.7. The molecule has 0 amide bonds. The minimum atomic E-state index is -0.788. The van der Waals surface area contributed by atoms with Gasteiger partial charge in [-0.2, -0.15) is 0 Å². The second-order valence-corrected chi connectivity index (χ2v) is 10.7. The van der Waals surface area contributed by atoms with Crippen molar-refractivity contribution in [2.75, 3.05) is 11.9 Å². The van der Waals surface area contributed by atoms with Gasteiger partial charge in [-0.25, -0.2) is 4.79 Å². The molecule has 0 radical (unpaired) electrons. The second kappa shape index (κ2) is 11.4. The van der Waals surface area contributed by atoms with Gasteiger partial charge in [0.2, 0.25) is 5.76 Å². The first kappa shape index (κ1) is 25.4. The van der Waals surface area contributed by atoms with Crippen LogP contribution in [0, 0.1) is 5.92 Å². The Kier molecular flexibility index (Phi) is 7.85. The molecule has 5 rings (SSSR count). The normalized spacial score (nSPS) is 21.0. The lowest BCUT2D eigenvalue weighted by molar-refractivity contribution is -0.141. The molecular weight excluding hydrogens is 466 g/mol. The van der Waals surface area contributed by atoms with Crippen LogP contribution in [0.4, 0.5) is 5.69 Å². The molecule has 2 aliphatic rings. The van der Waals surface area contributed by atoms with Crippen molar-refractivity contribution in [1.29, 1.82) is 0 Å². The molecule has 1 saturated carbocycles. The third kappa shape index (κ3) is 6.19. The predicted molar refractivity (Wildman–Crippen MR) is 143 cm³/mol. The van der Waals surface area contributed by atoms with Crippen LogP contribution in [0.25, 0.3) is 0 Å². The first-order chi connectivity index (χ1) is 18.0. The number of hydrogen-bond acceptors (Lipinski definition) is 6. The summed E-state index contributed by atoms with van der Waals surface area (Å²) in [6.07, 6.45) is 7.85. The van der Waals surface area contributed by atoms with Crippen molar-refractivity contribution >= 4 is 11.7 Å². The fourth-order valence-electron chi connectivity index (χ4n) is 5.43. The molecule has 0 bridgehead atoms. The Morgan fingerprint density at radius 2 is 1.84 bits per heavy atom. The molecule has 3 aromatic rings. The average Bonchev–Trinajstić information content (AvgIpc) is 3.45. The molecular formula is C31H37NO5. The first-order valence-corrected chi connectivity index (χ1v) is 13.5. The standard InChI is InChI=1S/C31H37NO5/c1-31(2)29(36-30(33)27-14-9-18-34-27)28(35-19-17-22-10-5-3-6-11-22)25-20-24(15-16-26(25)37-31)32-21-23-12-7-4-8-13-23/h4,7-9,12-16,18,20,22,28-29,32H,3,5-6,10-11,17,19,21H2,1-2H3. The van der Waals surface area contributed by atoms with E-state index >= 15 is 0 Å². The minimum Gasteiger partial charge on any atom is -0.483 e. The van der Waals surface area contributed by atoms with E-state index in [1.165, 1.54) is 43.9 Å². The van der Waals surface area contributed by atoms with E-state index < -0.39 is 23.8 Å². The smallest absolute Gasteiger partial charge is 0.374 e. The molecule has 6 nitrogen and oxygen atoms in total. The Hall–Kier alpha value is -3.25. The minimum absolute atomic E-state index is 0.167. The van der Waals surface area contributed by atoms with Gasteiger partial charge < -0.3 is 23.9 Å². The van der Waals surface area contributed by atoms with Gasteiger partial charge >= 0.3 is 5.97 Å². The average molecular weight is 504 g/mol. The number of ether oxygens (including phenoxy) is 3. The van der Waals surface area contributed by atoms with Gasteiger partial charge in [0.25, 0.3) is 0 Å². The van der Waals surface area contributed by atoms with Crippen LogP contribution in [-0.4, -0.2) is 24.3 Å². The van der Waals surface area contributed by atoms with Gasteiger partial charge in [-0.15, -0.1) is 0 Å². The van der Waals surface area contributed by atoms with Gasteiger partial charge in [-0.3, -0.25) is 0 Å². The van der Waals surface area contributed by atoms with Crippen LogP contribution in [0.1, 0.15) is 80.2 Å². The number of carbonyl (C=O) groups excluding carboxylic acids is 1. The largest absolute Gasteiger partial charge is 0.483 e. The fraction of sp³-hybridized carbons (Fsp3) is 0.452. The SMILES string of the molecule is CC1(C)Oc2ccc(NCc3ccccc3)cc2C(OCCC2CCCCC2)C1OC(=O)c1ccco1. The maximum atomic E-state index is 12.9. The van der Waals surface area contributed by atoms with Crippen LogP contribution >= 0.6 is 0 Å².